The minimum atomic E-state index is -0.102. The van der Waals surface area contributed by atoms with Crippen molar-refractivity contribution in [2.24, 2.45) is 5.41 Å². The lowest BCUT2D eigenvalue weighted by molar-refractivity contribution is 0.0912. The van der Waals surface area contributed by atoms with Gasteiger partial charge < -0.3 is 4.98 Å². The first-order chi connectivity index (χ1) is 8.48. The molecule has 1 aliphatic rings. The summed E-state index contributed by atoms with van der Waals surface area (Å²) in [4.78, 5) is 27.2. The molecular weight excluding hydrogens is 226 g/mol. The maximum absolute atomic E-state index is 12.3. The number of rotatable bonds is 0. The molecule has 0 fully saturated rings. The van der Waals surface area contributed by atoms with E-state index in [-0.39, 0.29) is 16.8 Å². The van der Waals surface area contributed by atoms with E-state index in [0.717, 1.165) is 17.5 Å². The highest BCUT2D eigenvalue weighted by Gasteiger charge is 2.32. The molecule has 0 saturated carbocycles. The lowest BCUT2D eigenvalue weighted by Gasteiger charge is -2.30. The molecule has 0 spiro atoms. The Balaban J connectivity index is 2.40. The number of nitrogens with one attached hydrogen (secondary N) is 1. The number of fused-ring (bicyclic) bond motifs is 3. The molecule has 2 aromatic rings. The number of H-pyrrole nitrogens is 1. The first kappa shape index (κ1) is 11.2. The molecule has 0 unspecified atom stereocenters. The third-order valence-electron chi connectivity index (χ3n) is 3.58. The summed E-state index contributed by atoms with van der Waals surface area (Å²) in [5.41, 5.74) is 1.33. The Morgan fingerprint density at radius 3 is 2.44 bits per heavy atom. The normalized spacial score (nSPS) is 17.8. The summed E-state index contributed by atoms with van der Waals surface area (Å²) in [5.74, 6) is 0.133. The quantitative estimate of drug-likeness (QED) is 0.771. The molecule has 18 heavy (non-hydrogen) atoms. The van der Waals surface area contributed by atoms with Crippen molar-refractivity contribution in [2.45, 2.75) is 26.7 Å². The van der Waals surface area contributed by atoms with Gasteiger partial charge in [-0.3, -0.25) is 9.59 Å². The SMILES string of the molecule is CC1(C)CC(=O)c2c([nH]c(=O)c3ccccc23)C1. The van der Waals surface area contributed by atoms with E-state index in [4.69, 9.17) is 0 Å². The first-order valence-electron chi connectivity index (χ1n) is 6.15. The largest absolute Gasteiger partial charge is 0.325 e. The summed E-state index contributed by atoms with van der Waals surface area (Å²) >= 11 is 0. The molecule has 1 aromatic heterocycles. The van der Waals surface area contributed by atoms with Gasteiger partial charge in [-0.1, -0.05) is 32.0 Å². The van der Waals surface area contributed by atoms with Crippen LogP contribution in [0.4, 0.5) is 0 Å². The molecule has 1 aromatic carbocycles. The zero-order valence-electron chi connectivity index (χ0n) is 10.5. The van der Waals surface area contributed by atoms with Crippen molar-refractivity contribution in [1.82, 2.24) is 4.98 Å². The molecule has 3 rings (SSSR count). The standard InChI is InChI=1S/C15H15NO2/c1-15(2)7-11-13(12(17)8-15)9-5-3-4-6-10(9)14(18)16-11/h3-6H,7-8H2,1-2H3,(H,16,18). The minimum absolute atomic E-state index is 0.0739. The van der Waals surface area contributed by atoms with Crippen molar-refractivity contribution in [3.8, 4) is 0 Å². The van der Waals surface area contributed by atoms with Crippen LogP contribution in [0.1, 0.15) is 36.3 Å². The average Bonchev–Trinajstić information content (AvgIpc) is 2.26. The van der Waals surface area contributed by atoms with Crippen molar-refractivity contribution in [1.29, 1.82) is 0 Å². The molecule has 1 heterocycles. The van der Waals surface area contributed by atoms with Gasteiger partial charge in [-0.15, -0.1) is 0 Å². The lowest BCUT2D eigenvalue weighted by atomic mass is 9.75. The van der Waals surface area contributed by atoms with Crippen LogP contribution in [0.25, 0.3) is 10.8 Å². The number of ketones is 1. The monoisotopic (exact) mass is 241 g/mol. The Bertz CT molecular complexity index is 710. The van der Waals surface area contributed by atoms with Gasteiger partial charge in [-0.25, -0.2) is 0 Å². The first-order valence-corrected chi connectivity index (χ1v) is 6.15. The zero-order valence-corrected chi connectivity index (χ0v) is 10.5. The molecule has 1 N–H and O–H groups in total. The van der Waals surface area contributed by atoms with Gasteiger partial charge in [0.1, 0.15) is 0 Å². The zero-order chi connectivity index (χ0) is 12.9. The highest BCUT2D eigenvalue weighted by atomic mass is 16.1. The van der Waals surface area contributed by atoms with E-state index >= 15 is 0 Å². The second-order valence-electron chi connectivity index (χ2n) is 5.79. The topological polar surface area (TPSA) is 49.9 Å². The number of hydrogen-bond donors (Lipinski definition) is 1. The fraction of sp³-hybridized carbons (Fsp3) is 0.333. The third kappa shape index (κ3) is 1.58. The molecule has 0 saturated heterocycles. The van der Waals surface area contributed by atoms with Crippen LogP contribution in [0.3, 0.4) is 0 Å². The highest BCUT2D eigenvalue weighted by molar-refractivity contribution is 6.09. The number of carbonyl (C=O) groups excluding carboxylic acids is 1. The molecule has 0 radical (unpaired) electrons. The van der Waals surface area contributed by atoms with Gasteiger partial charge in [0.15, 0.2) is 5.78 Å². The minimum Gasteiger partial charge on any atom is -0.325 e. The maximum atomic E-state index is 12.3. The molecule has 0 bridgehead atoms. The van der Waals surface area contributed by atoms with Crippen LogP contribution in [0.5, 0.6) is 0 Å². The predicted octanol–water partition coefficient (Wildman–Crippen LogP) is 2.68. The van der Waals surface area contributed by atoms with E-state index in [0.29, 0.717) is 17.4 Å². The predicted molar refractivity (Wildman–Crippen MR) is 71.0 cm³/mol. The van der Waals surface area contributed by atoms with Crippen LogP contribution in [0.2, 0.25) is 0 Å². The average molecular weight is 241 g/mol. The van der Waals surface area contributed by atoms with Crippen LogP contribution in [-0.2, 0) is 6.42 Å². The molecule has 0 amide bonds. The van der Waals surface area contributed by atoms with E-state index in [2.05, 4.69) is 18.8 Å². The van der Waals surface area contributed by atoms with Crippen molar-refractivity contribution in [3.05, 3.63) is 45.9 Å². The van der Waals surface area contributed by atoms with E-state index in [9.17, 15) is 9.59 Å². The van der Waals surface area contributed by atoms with Crippen molar-refractivity contribution >= 4 is 16.6 Å². The van der Waals surface area contributed by atoms with Crippen LogP contribution < -0.4 is 5.56 Å². The van der Waals surface area contributed by atoms with E-state index < -0.39 is 0 Å². The van der Waals surface area contributed by atoms with E-state index in [1.165, 1.54) is 0 Å². The van der Waals surface area contributed by atoms with Crippen LogP contribution >= 0.6 is 0 Å². The summed E-state index contributed by atoms with van der Waals surface area (Å²) in [7, 11) is 0. The molecule has 0 aliphatic heterocycles. The van der Waals surface area contributed by atoms with Crippen molar-refractivity contribution in [3.63, 3.8) is 0 Å². The van der Waals surface area contributed by atoms with Crippen LogP contribution in [-0.4, -0.2) is 10.8 Å². The Kier molecular flexibility index (Phi) is 2.21. The fourth-order valence-electron chi connectivity index (χ4n) is 2.84. The Labute approximate surface area is 105 Å². The molecule has 0 atom stereocenters. The molecule has 1 aliphatic carbocycles. The molecular formula is C15H15NO2. The van der Waals surface area contributed by atoms with Gasteiger partial charge in [0.2, 0.25) is 0 Å². The number of Topliss-reactive ketones (excluding diaryl/α,β-unsaturated/α-hetero) is 1. The molecule has 3 nitrogen and oxygen atoms in total. The highest BCUT2D eigenvalue weighted by Crippen LogP contribution is 2.35. The van der Waals surface area contributed by atoms with Crippen molar-refractivity contribution < 1.29 is 4.79 Å². The number of carbonyl (C=O) groups is 1. The summed E-state index contributed by atoms with van der Waals surface area (Å²) in [6.07, 6.45) is 1.28. The third-order valence-corrected chi connectivity index (χ3v) is 3.58. The lowest BCUT2D eigenvalue weighted by Crippen LogP contribution is -2.30. The number of pyridine rings is 1. The van der Waals surface area contributed by atoms with Gasteiger partial charge >= 0.3 is 0 Å². The van der Waals surface area contributed by atoms with Crippen molar-refractivity contribution in [2.75, 3.05) is 0 Å². The number of benzene rings is 1. The van der Waals surface area contributed by atoms with E-state index in [1.54, 1.807) is 6.07 Å². The fourth-order valence-corrected chi connectivity index (χ4v) is 2.84. The second kappa shape index (κ2) is 3.55. The number of aromatic amines is 1. The summed E-state index contributed by atoms with van der Waals surface area (Å²) < 4.78 is 0. The van der Waals surface area contributed by atoms with Gasteiger partial charge in [-0.05, 0) is 23.3 Å². The Hall–Kier alpha value is -1.90. The summed E-state index contributed by atoms with van der Waals surface area (Å²) in [6.45, 7) is 4.11. The summed E-state index contributed by atoms with van der Waals surface area (Å²) in [5, 5.41) is 1.39. The second-order valence-corrected chi connectivity index (χ2v) is 5.79. The van der Waals surface area contributed by atoms with E-state index in [1.807, 2.05) is 18.2 Å². The molecule has 3 heteroatoms. The van der Waals surface area contributed by atoms with Crippen LogP contribution in [0, 0.1) is 5.41 Å². The van der Waals surface area contributed by atoms with Crippen LogP contribution in [0.15, 0.2) is 29.1 Å². The Morgan fingerprint density at radius 1 is 1.06 bits per heavy atom. The number of hydrogen-bond acceptors (Lipinski definition) is 2. The maximum Gasteiger partial charge on any atom is 0.256 e. The smallest absolute Gasteiger partial charge is 0.256 e. The number of aromatic nitrogens is 1. The Morgan fingerprint density at radius 2 is 1.72 bits per heavy atom. The van der Waals surface area contributed by atoms with Gasteiger partial charge in [0.05, 0.1) is 0 Å². The molecule has 92 valence electrons. The summed E-state index contributed by atoms with van der Waals surface area (Å²) in [6, 6.07) is 7.32. The van der Waals surface area contributed by atoms with Gasteiger partial charge in [0, 0.05) is 23.1 Å². The van der Waals surface area contributed by atoms with Gasteiger partial charge in [-0.2, -0.15) is 0 Å². The van der Waals surface area contributed by atoms with Gasteiger partial charge in [0.25, 0.3) is 5.56 Å².